The van der Waals surface area contributed by atoms with Crippen molar-refractivity contribution in [1.29, 1.82) is 0 Å². The summed E-state index contributed by atoms with van der Waals surface area (Å²) >= 11 is 0. The van der Waals surface area contributed by atoms with Crippen LogP contribution >= 0.6 is 0 Å². The lowest BCUT2D eigenvalue weighted by atomic mass is 9.97. The summed E-state index contributed by atoms with van der Waals surface area (Å²) in [7, 11) is 0. The number of β-amino-alcohol motifs (C(OH)–C–C–N with tert-alkyl or cyclic N) is 1. The van der Waals surface area contributed by atoms with Crippen LogP contribution in [0.4, 0.5) is 5.69 Å². The molecule has 7 nitrogen and oxygen atoms in total. The third kappa shape index (κ3) is 4.05. The molecule has 1 aromatic carbocycles. The third-order valence-corrected chi connectivity index (χ3v) is 4.38. The predicted octanol–water partition coefficient (Wildman–Crippen LogP) is 1.57. The lowest BCUT2D eigenvalue weighted by Gasteiger charge is -2.47. The largest absolute Gasteiger partial charge is 0.387 e. The number of carbonyl (C=O) groups is 1. The van der Waals surface area contributed by atoms with Gasteiger partial charge in [0.1, 0.15) is 0 Å². The Morgan fingerprint density at radius 3 is 2.70 bits per heavy atom. The zero-order valence-corrected chi connectivity index (χ0v) is 13.7. The monoisotopic (exact) mass is 321 g/mol. The Hall–Kier alpha value is -1.99. The molecule has 1 atom stereocenters. The minimum absolute atomic E-state index is 0.0257. The van der Waals surface area contributed by atoms with Crippen LogP contribution in [0.2, 0.25) is 0 Å². The number of nitro benzene ring substituents is 1. The number of carbonyl (C=O) groups excluding carboxylic acids is 1. The molecule has 1 unspecified atom stereocenters. The molecule has 1 aromatic rings. The summed E-state index contributed by atoms with van der Waals surface area (Å²) in [6.07, 6.45) is -0.807. The molecule has 0 aromatic heterocycles. The predicted molar refractivity (Wildman–Crippen MR) is 86.0 cm³/mol. The Balaban J connectivity index is 2.08. The van der Waals surface area contributed by atoms with Crippen LogP contribution in [0.25, 0.3) is 0 Å². The lowest BCUT2D eigenvalue weighted by Crippen LogP contribution is -2.60. The van der Waals surface area contributed by atoms with E-state index in [4.69, 9.17) is 0 Å². The minimum atomic E-state index is -0.807. The van der Waals surface area contributed by atoms with Gasteiger partial charge in [0.2, 0.25) is 5.91 Å². The van der Waals surface area contributed by atoms with E-state index in [-0.39, 0.29) is 17.1 Å². The van der Waals surface area contributed by atoms with E-state index in [0.29, 0.717) is 31.7 Å². The Morgan fingerprint density at radius 2 is 2.13 bits per heavy atom. The van der Waals surface area contributed by atoms with Crippen molar-refractivity contribution in [2.24, 2.45) is 0 Å². The summed E-state index contributed by atoms with van der Waals surface area (Å²) in [5.41, 5.74) is 0.247. The zero-order chi connectivity index (χ0) is 17.2. The fraction of sp³-hybridized carbons (Fsp3) is 0.562. The summed E-state index contributed by atoms with van der Waals surface area (Å²) in [6, 6.07) is 6.08. The van der Waals surface area contributed by atoms with E-state index in [1.807, 2.05) is 13.8 Å². The molecule has 0 spiro atoms. The number of aliphatic hydroxyl groups is 1. The average molecular weight is 321 g/mol. The second kappa shape index (κ2) is 6.64. The van der Waals surface area contributed by atoms with E-state index < -0.39 is 11.0 Å². The average Bonchev–Trinajstić information content (AvgIpc) is 2.48. The molecule has 7 heteroatoms. The van der Waals surface area contributed by atoms with Gasteiger partial charge in [-0.25, -0.2) is 0 Å². The van der Waals surface area contributed by atoms with E-state index in [1.165, 1.54) is 12.1 Å². The fourth-order valence-corrected chi connectivity index (χ4v) is 2.96. The van der Waals surface area contributed by atoms with Crippen LogP contribution in [0.15, 0.2) is 24.3 Å². The highest BCUT2D eigenvalue weighted by molar-refractivity contribution is 5.73. The van der Waals surface area contributed by atoms with Gasteiger partial charge < -0.3 is 10.0 Å². The van der Waals surface area contributed by atoms with Gasteiger partial charge in [-0.05, 0) is 19.4 Å². The highest BCUT2D eigenvalue weighted by atomic mass is 16.6. The van der Waals surface area contributed by atoms with Gasteiger partial charge in [-0.15, -0.1) is 0 Å². The van der Waals surface area contributed by atoms with Crippen molar-refractivity contribution in [3.63, 3.8) is 0 Å². The van der Waals surface area contributed by atoms with E-state index in [0.717, 1.165) is 0 Å². The van der Waals surface area contributed by atoms with Crippen LogP contribution in [0.3, 0.4) is 0 Å². The highest BCUT2D eigenvalue weighted by Gasteiger charge is 2.35. The summed E-state index contributed by atoms with van der Waals surface area (Å²) in [5.74, 6) is 0.0527. The van der Waals surface area contributed by atoms with Crippen LogP contribution in [-0.4, -0.2) is 57.5 Å². The normalized spacial score (nSPS) is 19.4. The molecule has 0 bridgehead atoms. The molecule has 1 fully saturated rings. The van der Waals surface area contributed by atoms with E-state index in [9.17, 15) is 20.0 Å². The lowest BCUT2D eigenvalue weighted by molar-refractivity contribution is -0.385. The molecule has 1 heterocycles. The standard InChI is InChI=1S/C16H23N3O4/c1-12(20)17-7-8-18(16(2,3)11-17)10-15(21)13-5-4-6-14(9-13)19(22)23/h4-6,9,15,21H,7-8,10-11H2,1-3H3. The van der Waals surface area contributed by atoms with Gasteiger partial charge in [-0.2, -0.15) is 0 Å². The number of hydrogen-bond acceptors (Lipinski definition) is 5. The van der Waals surface area contributed by atoms with Gasteiger partial charge in [0.15, 0.2) is 0 Å². The molecule has 0 saturated carbocycles. The number of aliphatic hydroxyl groups excluding tert-OH is 1. The number of nitro groups is 1. The van der Waals surface area contributed by atoms with Gasteiger partial charge in [0.25, 0.3) is 5.69 Å². The van der Waals surface area contributed by atoms with Crippen LogP contribution in [0.5, 0.6) is 0 Å². The molecule has 1 aliphatic rings. The van der Waals surface area contributed by atoms with Crippen molar-refractivity contribution in [2.75, 3.05) is 26.2 Å². The zero-order valence-electron chi connectivity index (χ0n) is 13.7. The maximum absolute atomic E-state index is 11.5. The smallest absolute Gasteiger partial charge is 0.269 e. The maximum Gasteiger partial charge on any atom is 0.269 e. The summed E-state index contributed by atoms with van der Waals surface area (Å²) in [5, 5.41) is 21.3. The minimum Gasteiger partial charge on any atom is -0.387 e. The molecular formula is C16H23N3O4. The second-order valence-electron chi connectivity index (χ2n) is 6.57. The second-order valence-corrected chi connectivity index (χ2v) is 6.57. The number of piperazine rings is 1. The van der Waals surface area contributed by atoms with Crippen molar-refractivity contribution < 1.29 is 14.8 Å². The number of amides is 1. The summed E-state index contributed by atoms with van der Waals surface area (Å²) < 4.78 is 0. The molecule has 2 rings (SSSR count). The van der Waals surface area contributed by atoms with Crippen LogP contribution in [0, 0.1) is 10.1 Å². The van der Waals surface area contributed by atoms with Gasteiger partial charge >= 0.3 is 0 Å². The van der Waals surface area contributed by atoms with E-state index in [1.54, 1.807) is 24.0 Å². The molecule has 1 amide bonds. The highest BCUT2D eigenvalue weighted by Crippen LogP contribution is 2.26. The molecule has 0 radical (unpaired) electrons. The number of rotatable bonds is 4. The van der Waals surface area contributed by atoms with Crippen LogP contribution in [-0.2, 0) is 4.79 Å². The molecular weight excluding hydrogens is 298 g/mol. The Labute approximate surface area is 135 Å². The SMILES string of the molecule is CC(=O)N1CCN(CC(O)c2cccc([N+](=O)[O-])c2)C(C)(C)C1. The summed E-state index contributed by atoms with van der Waals surface area (Å²) in [6.45, 7) is 7.89. The van der Waals surface area contributed by atoms with Gasteiger partial charge in [-0.1, -0.05) is 12.1 Å². The van der Waals surface area contributed by atoms with Gasteiger partial charge in [0.05, 0.1) is 11.0 Å². The first-order valence-corrected chi connectivity index (χ1v) is 7.64. The molecule has 1 N–H and O–H groups in total. The molecule has 1 aliphatic heterocycles. The number of nitrogens with zero attached hydrogens (tertiary/aromatic N) is 3. The molecule has 23 heavy (non-hydrogen) atoms. The molecule has 126 valence electrons. The first kappa shape index (κ1) is 17.4. The first-order valence-electron chi connectivity index (χ1n) is 7.64. The number of benzene rings is 1. The summed E-state index contributed by atoms with van der Waals surface area (Å²) in [4.78, 5) is 25.8. The van der Waals surface area contributed by atoms with Crippen LogP contribution < -0.4 is 0 Å². The topological polar surface area (TPSA) is 86.9 Å². The number of hydrogen-bond donors (Lipinski definition) is 1. The van der Waals surface area contributed by atoms with E-state index >= 15 is 0 Å². The van der Waals surface area contributed by atoms with Crippen molar-refractivity contribution in [1.82, 2.24) is 9.80 Å². The third-order valence-electron chi connectivity index (χ3n) is 4.38. The van der Waals surface area contributed by atoms with Gasteiger partial charge in [-0.3, -0.25) is 19.8 Å². The van der Waals surface area contributed by atoms with E-state index in [2.05, 4.69) is 4.90 Å². The van der Waals surface area contributed by atoms with Crippen molar-refractivity contribution in [2.45, 2.75) is 32.4 Å². The Bertz CT molecular complexity index is 603. The van der Waals surface area contributed by atoms with Crippen molar-refractivity contribution >= 4 is 11.6 Å². The fourth-order valence-electron chi connectivity index (χ4n) is 2.96. The number of non-ortho nitro benzene ring substituents is 1. The Kier molecular flexibility index (Phi) is 5.01. The molecule has 1 saturated heterocycles. The van der Waals surface area contributed by atoms with Crippen LogP contribution in [0.1, 0.15) is 32.4 Å². The quantitative estimate of drug-likeness (QED) is 0.672. The van der Waals surface area contributed by atoms with Crippen molar-refractivity contribution in [3.05, 3.63) is 39.9 Å². The maximum atomic E-state index is 11.5. The Morgan fingerprint density at radius 1 is 1.43 bits per heavy atom. The molecule has 0 aliphatic carbocycles. The van der Waals surface area contributed by atoms with Crippen molar-refractivity contribution in [3.8, 4) is 0 Å². The first-order chi connectivity index (χ1) is 10.7. The van der Waals surface area contributed by atoms with Gasteiger partial charge in [0, 0.05) is 50.8 Å².